The van der Waals surface area contributed by atoms with Crippen molar-refractivity contribution in [3.8, 4) is 5.75 Å². The summed E-state index contributed by atoms with van der Waals surface area (Å²) >= 11 is 12.1. The minimum Gasteiger partial charge on any atom is -0.489 e. The van der Waals surface area contributed by atoms with Crippen molar-refractivity contribution < 1.29 is 4.74 Å². The lowest BCUT2D eigenvalue weighted by atomic mass is 10.2. The molecule has 0 atom stereocenters. The first-order valence-corrected chi connectivity index (χ1v) is 9.28. The van der Waals surface area contributed by atoms with E-state index in [-0.39, 0.29) is 12.4 Å². The number of nitrogens with one attached hydrogen (secondary N) is 1. The van der Waals surface area contributed by atoms with E-state index in [0.29, 0.717) is 16.7 Å². The van der Waals surface area contributed by atoms with Gasteiger partial charge in [-0.2, -0.15) is 0 Å². The number of nitrogens with zero attached hydrogens (tertiary/aromatic N) is 2. The fraction of sp³-hybridized carbons (Fsp3) is 0.250. The van der Waals surface area contributed by atoms with Crippen molar-refractivity contribution in [2.75, 3.05) is 6.54 Å². The Morgan fingerprint density at radius 1 is 1.07 bits per heavy atom. The summed E-state index contributed by atoms with van der Waals surface area (Å²) in [6.45, 7) is 3.20. The van der Waals surface area contributed by atoms with Crippen LogP contribution in [0.2, 0.25) is 10.0 Å². The molecule has 27 heavy (non-hydrogen) atoms. The fourth-order valence-corrected chi connectivity index (χ4v) is 3.00. The summed E-state index contributed by atoms with van der Waals surface area (Å²) in [5, 5.41) is 4.69. The molecule has 0 fully saturated rings. The summed E-state index contributed by atoms with van der Waals surface area (Å²) in [5.41, 5.74) is 2.14. The maximum absolute atomic E-state index is 6.16. The maximum atomic E-state index is 6.16. The Morgan fingerprint density at radius 3 is 2.59 bits per heavy atom. The van der Waals surface area contributed by atoms with Crippen molar-refractivity contribution in [3.05, 3.63) is 82.4 Å². The topological polar surface area (TPSA) is 39.1 Å². The molecule has 0 aliphatic carbocycles. The van der Waals surface area contributed by atoms with E-state index in [2.05, 4.69) is 27.0 Å². The van der Waals surface area contributed by atoms with Gasteiger partial charge in [0.25, 0.3) is 0 Å². The smallest absolute Gasteiger partial charge is 0.119 e. The second-order valence-corrected chi connectivity index (χ2v) is 6.84. The number of aryl methyl sites for hydroxylation is 1. The molecule has 0 saturated carbocycles. The number of rotatable bonds is 9. The minimum atomic E-state index is 0. The number of halogens is 3. The SMILES string of the molecule is Cl.Clc1ccc(COc2ccc(CNCCCn3ccnc3)cc2)c(Cl)c1. The molecule has 3 rings (SSSR count). The molecule has 1 N–H and O–H groups in total. The van der Waals surface area contributed by atoms with Crippen LogP contribution < -0.4 is 10.1 Å². The summed E-state index contributed by atoms with van der Waals surface area (Å²) in [6, 6.07) is 13.5. The molecule has 1 heterocycles. The third-order valence-electron chi connectivity index (χ3n) is 3.99. The van der Waals surface area contributed by atoms with Gasteiger partial charge in [-0.1, -0.05) is 41.4 Å². The predicted molar refractivity (Wildman–Crippen MR) is 113 cm³/mol. The fourth-order valence-electron chi connectivity index (χ4n) is 2.54. The first-order chi connectivity index (χ1) is 12.7. The van der Waals surface area contributed by atoms with Crippen LogP contribution in [0.3, 0.4) is 0 Å². The number of imidazole rings is 1. The van der Waals surface area contributed by atoms with Crippen LogP contribution in [-0.2, 0) is 19.7 Å². The van der Waals surface area contributed by atoms with E-state index in [1.807, 2.05) is 36.8 Å². The van der Waals surface area contributed by atoms with Crippen molar-refractivity contribution in [3.63, 3.8) is 0 Å². The molecule has 0 aliphatic rings. The van der Waals surface area contributed by atoms with E-state index in [1.54, 1.807) is 12.3 Å². The predicted octanol–water partition coefficient (Wildman–Crippen LogP) is 5.37. The van der Waals surface area contributed by atoms with Gasteiger partial charge in [-0.15, -0.1) is 12.4 Å². The van der Waals surface area contributed by atoms with Gasteiger partial charge in [-0.25, -0.2) is 4.98 Å². The van der Waals surface area contributed by atoms with Crippen LogP contribution in [0.25, 0.3) is 0 Å². The lowest BCUT2D eigenvalue weighted by Crippen LogP contribution is -2.16. The molecule has 0 unspecified atom stereocenters. The highest BCUT2D eigenvalue weighted by molar-refractivity contribution is 6.35. The average molecular weight is 427 g/mol. The molecular formula is C20H22Cl3N3O. The number of aromatic nitrogens is 2. The van der Waals surface area contributed by atoms with Crippen molar-refractivity contribution in [1.29, 1.82) is 0 Å². The third-order valence-corrected chi connectivity index (χ3v) is 4.58. The maximum Gasteiger partial charge on any atom is 0.119 e. The summed E-state index contributed by atoms with van der Waals surface area (Å²) in [7, 11) is 0. The Balaban J connectivity index is 0.00000261. The Labute approximate surface area is 175 Å². The number of ether oxygens (including phenoxy) is 1. The minimum absolute atomic E-state index is 0. The van der Waals surface area contributed by atoms with Crippen molar-refractivity contribution in [2.24, 2.45) is 0 Å². The summed E-state index contributed by atoms with van der Waals surface area (Å²) < 4.78 is 7.88. The van der Waals surface area contributed by atoms with Crippen LogP contribution in [-0.4, -0.2) is 16.1 Å². The van der Waals surface area contributed by atoms with Gasteiger partial charge in [0.2, 0.25) is 0 Å². The molecule has 4 nitrogen and oxygen atoms in total. The highest BCUT2D eigenvalue weighted by Gasteiger charge is 2.03. The second-order valence-electron chi connectivity index (χ2n) is 6.00. The molecular weight excluding hydrogens is 405 g/mol. The largest absolute Gasteiger partial charge is 0.489 e. The van der Waals surface area contributed by atoms with E-state index < -0.39 is 0 Å². The first kappa shape index (κ1) is 21.6. The van der Waals surface area contributed by atoms with Gasteiger partial charge in [-0.05, 0) is 42.8 Å². The highest BCUT2D eigenvalue weighted by atomic mass is 35.5. The molecule has 2 aromatic carbocycles. The van der Waals surface area contributed by atoms with Gasteiger partial charge >= 0.3 is 0 Å². The van der Waals surface area contributed by atoms with E-state index in [9.17, 15) is 0 Å². The van der Waals surface area contributed by atoms with Crippen LogP contribution in [0.15, 0.2) is 61.2 Å². The van der Waals surface area contributed by atoms with Gasteiger partial charge in [0.15, 0.2) is 0 Å². The Hall–Kier alpha value is -1.72. The molecule has 0 saturated heterocycles. The van der Waals surface area contributed by atoms with Gasteiger partial charge in [0, 0.05) is 41.1 Å². The van der Waals surface area contributed by atoms with Gasteiger partial charge in [-0.3, -0.25) is 0 Å². The third kappa shape index (κ3) is 7.07. The molecule has 3 aromatic rings. The quantitative estimate of drug-likeness (QED) is 0.467. The van der Waals surface area contributed by atoms with E-state index in [4.69, 9.17) is 27.9 Å². The van der Waals surface area contributed by atoms with Crippen LogP contribution in [0.1, 0.15) is 17.5 Å². The summed E-state index contributed by atoms with van der Waals surface area (Å²) in [4.78, 5) is 4.04. The van der Waals surface area contributed by atoms with E-state index in [1.165, 1.54) is 5.56 Å². The Kier molecular flexibility index (Phi) is 8.95. The number of hydrogen-bond acceptors (Lipinski definition) is 3. The van der Waals surface area contributed by atoms with Gasteiger partial charge in [0.1, 0.15) is 12.4 Å². The average Bonchev–Trinajstić information content (AvgIpc) is 3.15. The van der Waals surface area contributed by atoms with Crippen LogP contribution >= 0.6 is 35.6 Å². The molecule has 144 valence electrons. The first-order valence-electron chi connectivity index (χ1n) is 8.53. The van der Waals surface area contributed by atoms with Gasteiger partial charge in [0.05, 0.1) is 6.33 Å². The molecule has 0 bridgehead atoms. The van der Waals surface area contributed by atoms with E-state index in [0.717, 1.165) is 37.4 Å². The van der Waals surface area contributed by atoms with Gasteiger partial charge < -0.3 is 14.6 Å². The zero-order chi connectivity index (χ0) is 18.2. The van der Waals surface area contributed by atoms with Crippen molar-refractivity contribution >= 4 is 35.6 Å². The molecule has 7 heteroatoms. The molecule has 0 spiro atoms. The molecule has 0 aliphatic heterocycles. The Morgan fingerprint density at radius 2 is 1.89 bits per heavy atom. The van der Waals surface area contributed by atoms with Crippen LogP contribution in [0.4, 0.5) is 0 Å². The molecule has 0 amide bonds. The van der Waals surface area contributed by atoms with Crippen molar-refractivity contribution in [2.45, 2.75) is 26.1 Å². The standard InChI is InChI=1S/C20H21Cl2N3O.ClH/c21-18-5-4-17(20(22)12-18)14-26-19-6-2-16(3-7-19)13-23-8-1-10-25-11-9-24-15-25;/h2-7,9,11-12,15,23H,1,8,10,13-14H2;1H. The molecule has 0 radical (unpaired) electrons. The number of hydrogen-bond donors (Lipinski definition) is 1. The zero-order valence-electron chi connectivity index (χ0n) is 14.8. The number of benzene rings is 2. The summed E-state index contributed by atoms with van der Waals surface area (Å²) in [6.07, 6.45) is 6.70. The highest BCUT2D eigenvalue weighted by Crippen LogP contribution is 2.22. The van der Waals surface area contributed by atoms with Crippen LogP contribution in [0, 0.1) is 0 Å². The van der Waals surface area contributed by atoms with Crippen molar-refractivity contribution in [1.82, 2.24) is 14.9 Å². The Bertz CT molecular complexity index is 808. The lowest BCUT2D eigenvalue weighted by molar-refractivity contribution is 0.306. The van der Waals surface area contributed by atoms with E-state index >= 15 is 0 Å². The van der Waals surface area contributed by atoms with Crippen LogP contribution in [0.5, 0.6) is 5.75 Å². The zero-order valence-corrected chi connectivity index (χ0v) is 17.1. The second kappa shape index (κ2) is 11.2. The summed E-state index contributed by atoms with van der Waals surface area (Å²) in [5.74, 6) is 0.819. The molecule has 1 aromatic heterocycles. The lowest BCUT2D eigenvalue weighted by Gasteiger charge is -2.09. The normalized spacial score (nSPS) is 10.4. The monoisotopic (exact) mass is 425 g/mol.